The Morgan fingerprint density at radius 2 is 2.05 bits per heavy atom. The highest BCUT2D eigenvalue weighted by atomic mass is 79.9. The predicted molar refractivity (Wildman–Crippen MR) is 76.0 cm³/mol. The van der Waals surface area contributed by atoms with Crippen molar-refractivity contribution >= 4 is 31.5 Å². The van der Waals surface area contributed by atoms with E-state index in [0.29, 0.717) is 11.4 Å². The van der Waals surface area contributed by atoms with E-state index in [4.69, 9.17) is 10.5 Å². The maximum absolute atomic E-state index is 11.6. The molecule has 100 valence electrons. The maximum atomic E-state index is 11.6. The van der Waals surface area contributed by atoms with Crippen LogP contribution in [0.15, 0.2) is 45.9 Å². The molecule has 0 aliphatic carbocycles. The smallest absolute Gasteiger partial charge is 0.238 e. The molecule has 0 fully saturated rings. The van der Waals surface area contributed by atoms with Crippen molar-refractivity contribution in [3.63, 3.8) is 0 Å². The van der Waals surface area contributed by atoms with Crippen LogP contribution < -0.4 is 10.5 Å². The Balaban J connectivity index is 2.44. The standard InChI is InChI=1S/C12H11BrN2O3S/c1-19(16,17)11-3-2-6-15-12(11)18-10-5-4-8(13)7-9(10)14/h2-7H,14H2,1H3. The largest absolute Gasteiger partial charge is 0.436 e. The van der Waals surface area contributed by atoms with Crippen LogP contribution in [0.1, 0.15) is 0 Å². The van der Waals surface area contributed by atoms with Gasteiger partial charge in [0, 0.05) is 16.9 Å². The first kappa shape index (κ1) is 13.8. The quantitative estimate of drug-likeness (QED) is 0.867. The van der Waals surface area contributed by atoms with Crippen LogP contribution in [0.3, 0.4) is 0 Å². The zero-order valence-corrected chi connectivity index (χ0v) is 12.4. The number of nitrogen functional groups attached to an aromatic ring is 1. The van der Waals surface area contributed by atoms with Crippen LogP contribution in [-0.4, -0.2) is 19.7 Å². The minimum absolute atomic E-state index is 0.0130. The lowest BCUT2D eigenvalue weighted by Gasteiger charge is -2.10. The molecule has 0 saturated heterocycles. The predicted octanol–water partition coefficient (Wildman–Crippen LogP) is 2.62. The molecule has 0 bridgehead atoms. The van der Waals surface area contributed by atoms with Crippen molar-refractivity contribution in [2.24, 2.45) is 0 Å². The molecule has 0 atom stereocenters. The van der Waals surface area contributed by atoms with Gasteiger partial charge in [-0.3, -0.25) is 0 Å². The van der Waals surface area contributed by atoms with Gasteiger partial charge in [-0.1, -0.05) is 15.9 Å². The van der Waals surface area contributed by atoms with Gasteiger partial charge in [0.1, 0.15) is 4.90 Å². The van der Waals surface area contributed by atoms with Crippen molar-refractivity contribution in [2.75, 3.05) is 12.0 Å². The molecule has 19 heavy (non-hydrogen) atoms. The van der Waals surface area contributed by atoms with Crippen LogP contribution in [0.2, 0.25) is 0 Å². The van der Waals surface area contributed by atoms with Gasteiger partial charge in [0.25, 0.3) is 0 Å². The second kappa shape index (κ2) is 5.18. The van der Waals surface area contributed by atoms with E-state index in [-0.39, 0.29) is 10.8 Å². The van der Waals surface area contributed by atoms with Crippen molar-refractivity contribution in [2.45, 2.75) is 4.90 Å². The summed E-state index contributed by atoms with van der Waals surface area (Å²) in [6, 6.07) is 8.02. The Hall–Kier alpha value is -1.60. The number of anilines is 1. The molecule has 5 nitrogen and oxygen atoms in total. The van der Waals surface area contributed by atoms with Gasteiger partial charge in [0.05, 0.1) is 5.69 Å². The van der Waals surface area contributed by atoms with Gasteiger partial charge in [0.15, 0.2) is 15.6 Å². The lowest BCUT2D eigenvalue weighted by atomic mass is 10.3. The van der Waals surface area contributed by atoms with Crippen molar-refractivity contribution in [1.29, 1.82) is 0 Å². The van der Waals surface area contributed by atoms with Crippen LogP contribution in [-0.2, 0) is 9.84 Å². The van der Waals surface area contributed by atoms with E-state index in [1.807, 2.05) is 0 Å². The maximum Gasteiger partial charge on any atom is 0.238 e. The number of benzene rings is 1. The Morgan fingerprint density at radius 1 is 1.32 bits per heavy atom. The number of halogens is 1. The molecule has 0 radical (unpaired) electrons. The number of sulfone groups is 1. The lowest BCUT2D eigenvalue weighted by Crippen LogP contribution is -2.02. The number of ether oxygens (including phenoxy) is 1. The zero-order chi connectivity index (χ0) is 14.0. The van der Waals surface area contributed by atoms with E-state index < -0.39 is 9.84 Å². The zero-order valence-electron chi connectivity index (χ0n) is 10.00. The first-order valence-electron chi connectivity index (χ1n) is 5.26. The number of nitrogens with two attached hydrogens (primary N) is 1. The Labute approximate surface area is 119 Å². The number of nitrogens with zero attached hydrogens (tertiary/aromatic N) is 1. The normalized spacial score (nSPS) is 11.3. The van der Waals surface area contributed by atoms with Crippen molar-refractivity contribution in [1.82, 2.24) is 4.98 Å². The van der Waals surface area contributed by atoms with E-state index in [2.05, 4.69) is 20.9 Å². The average molecular weight is 343 g/mol. The topological polar surface area (TPSA) is 82.3 Å². The molecule has 0 spiro atoms. The fraction of sp³-hybridized carbons (Fsp3) is 0.0833. The lowest BCUT2D eigenvalue weighted by molar-refractivity contribution is 0.449. The summed E-state index contributed by atoms with van der Waals surface area (Å²) in [5, 5.41) is 0. The van der Waals surface area contributed by atoms with Crippen molar-refractivity contribution < 1.29 is 13.2 Å². The van der Waals surface area contributed by atoms with Gasteiger partial charge in [0.2, 0.25) is 5.88 Å². The fourth-order valence-corrected chi connectivity index (χ4v) is 2.57. The second-order valence-electron chi connectivity index (χ2n) is 3.86. The Kier molecular flexibility index (Phi) is 3.77. The number of pyridine rings is 1. The molecular weight excluding hydrogens is 332 g/mol. The molecule has 0 saturated carbocycles. The molecule has 1 heterocycles. The summed E-state index contributed by atoms with van der Waals surface area (Å²) in [6.07, 6.45) is 2.56. The summed E-state index contributed by atoms with van der Waals surface area (Å²) >= 11 is 3.28. The van der Waals surface area contributed by atoms with E-state index in [0.717, 1.165) is 10.7 Å². The number of aromatic nitrogens is 1. The minimum atomic E-state index is -3.41. The molecule has 0 unspecified atom stereocenters. The van der Waals surface area contributed by atoms with Crippen LogP contribution in [0.25, 0.3) is 0 Å². The summed E-state index contributed by atoms with van der Waals surface area (Å²) < 4.78 is 29.5. The highest BCUT2D eigenvalue weighted by molar-refractivity contribution is 9.10. The van der Waals surface area contributed by atoms with Crippen molar-refractivity contribution in [3.05, 3.63) is 41.0 Å². The molecule has 0 aliphatic heterocycles. The van der Waals surface area contributed by atoms with E-state index in [9.17, 15) is 8.42 Å². The molecule has 2 rings (SSSR count). The highest BCUT2D eigenvalue weighted by Crippen LogP contribution is 2.31. The summed E-state index contributed by atoms with van der Waals surface area (Å²) in [7, 11) is -3.41. The van der Waals surface area contributed by atoms with Gasteiger partial charge < -0.3 is 10.5 Å². The van der Waals surface area contributed by atoms with Gasteiger partial charge in [-0.15, -0.1) is 0 Å². The van der Waals surface area contributed by atoms with Crippen LogP contribution in [0, 0.1) is 0 Å². The summed E-state index contributed by atoms with van der Waals surface area (Å²) in [5.41, 5.74) is 6.18. The third-order valence-electron chi connectivity index (χ3n) is 2.31. The molecule has 2 N–H and O–H groups in total. The second-order valence-corrected chi connectivity index (χ2v) is 6.76. The monoisotopic (exact) mass is 342 g/mol. The van der Waals surface area contributed by atoms with Crippen LogP contribution in [0.4, 0.5) is 5.69 Å². The molecule has 0 amide bonds. The minimum Gasteiger partial charge on any atom is -0.436 e. The average Bonchev–Trinajstić information content (AvgIpc) is 2.32. The third-order valence-corrected chi connectivity index (χ3v) is 3.92. The first-order chi connectivity index (χ1) is 8.88. The van der Waals surface area contributed by atoms with Crippen LogP contribution >= 0.6 is 15.9 Å². The van der Waals surface area contributed by atoms with E-state index >= 15 is 0 Å². The molecule has 1 aromatic carbocycles. The van der Waals surface area contributed by atoms with Crippen molar-refractivity contribution in [3.8, 4) is 11.6 Å². The number of hydrogen-bond donors (Lipinski definition) is 1. The van der Waals surface area contributed by atoms with E-state index in [1.54, 1.807) is 18.2 Å². The van der Waals surface area contributed by atoms with E-state index in [1.165, 1.54) is 18.3 Å². The van der Waals surface area contributed by atoms with Gasteiger partial charge in [-0.25, -0.2) is 13.4 Å². The van der Waals surface area contributed by atoms with Crippen LogP contribution in [0.5, 0.6) is 11.6 Å². The Bertz CT molecular complexity index is 717. The molecular formula is C12H11BrN2O3S. The Morgan fingerprint density at radius 3 is 2.68 bits per heavy atom. The molecule has 0 aliphatic rings. The number of rotatable bonds is 3. The van der Waals surface area contributed by atoms with Gasteiger partial charge in [-0.05, 0) is 30.3 Å². The molecule has 2 aromatic rings. The fourth-order valence-electron chi connectivity index (χ4n) is 1.45. The SMILES string of the molecule is CS(=O)(=O)c1cccnc1Oc1ccc(Br)cc1N. The first-order valence-corrected chi connectivity index (χ1v) is 7.94. The summed E-state index contributed by atoms with van der Waals surface area (Å²) in [5.74, 6) is 0.367. The highest BCUT2D eigenvalue weighted by Gasteiger charge is 2.16. The summed E-state index contributed by atoms with van der Waals surface area (Å²) in [4.78, 5) is 3.96. The van der Waals surface area contributed by atoms with Gasteiger partial charge >= 0.3 is 0 Å². The molecule has 1 aromatic heterocycles. The molecule has 7 heteroatoms. The number of hydrogen-bond acceptors (Lipinski definition) is 5. The third kappa shape index (κ3) is 3.24. The summed E-state index contributed by atoms with van der Waals surface area (Å²) in [6.45, 7) is 0. The van der Waals surface area contributed by atoms with Gasteiger partial charge in [-0.2, -0.15) is 0 Å².